The molecule has 5 heteroatoms. The molecule has 0 saturated carbocycles. The van der Waals surface area contributed by atoms with Gasteiger partial charge in [-0.25, -0.2) is 4.98 Å². The van der Waals surface area contributed by atoms with Crippen LogP contribution in [-0.2, 0) is 0 Å². The first-order valence-corrected chi connectivity index (χ1v) is 5.95. The molecule has 0 spiro atoms. The van der Waals surface area contributed by atoms with Crippen molar-refractivity contribution in [1.29, 1.82) is 0 Å². The van der Waals surface area contributed by atoms with Crippen molar-refractivity contribution in [2.75, 3.05) is 0 Å². The Hall–Kier alpha value is -2.82. The van der Waals surface area contributed by atoms with Gasteiger partial charge in [0.25, 0.3) is 5.56 Å². The standard InChI is InChI=1S/C14H10N4O/c19-14-12-2-1-11(18(12)6-5-16-14)10-7-9-3-4-15-13(9)17-8-10/h1-8H,(H,15,17)(H,16,19). The second-order valence-corrected chi connectivity index (χ2v) is 4.40. The fourth-order valence-corrected chi connectivity index (χ4v) is 2.37. The Bertz CT molecular complexity index is 945. The van der Waals surface area contributed by atoms with Gasteiger partial charge in [0, 0.05) is 35.7 Å². The van der Waals surface area contributed by atoms with Crippen LogP contribution < -0.4 is 5.56 Å². The molecule has 0 aliphatic rings. The van der Waals surface area contributed by atoms with Crippen molar-refractivity contribution in [3.05, 3.63) is 59.4 Å². The highest BCUT2D eigenvalue weighted by molar-refractivity contribution is 5.81. The Labute approximate surface area is 107 Å². The molecule has 0 radical (unpaired) electrons. The summed E-state index contributed by atoms with van der Waals surface area (Å²) in [5, 5.41) is 1.05. The number of rotatable bonds is 1. The van der Waals surface area contributed by atoms with Crippen LogP contribution in [0.2, 0.25) is 0 Å². The molecule has 0 aromatic carbocycles. The highest BCUT2D eigenvalue weighted by Crippen LogP contribution is 2.23. The summed E-state index contributed by atoms with van der Waals surface area (Å²) in [4.78, 5) is 21.8. The van der Waals surface area contributed by atoms with Gasteiger partial charge in [-0.2, -0.15) is 0 Å². The van der Waals surface area contributed by atoms with Gasteiger partial charge in [-0.1, -0.05) is 0 Å². The van der Waals surface area contributed by atoms with E-state index in [4.69, 9.17) is 0 Å². The minimum absolute atomic E-state index is 0.0931. The number of nitrogens with one attached hydrogen (secondary N) is 2. The third-order valence-corrected chi connectivity index (χ3v) is 3.28. The largest absolute Gasteiger partial charge is 0.346 e. The maximum atomic E-state index is 11.7. The van der Waals surface area contributed by atoms with Crippen LogP contribution in [0, 0.1) is 0 Å². The van der Waals surface area contributed by atoms with E-state index < -0.39 is 0 Å². The van der Waals surface area contributed by atoms with Gasteiger partial charge in [0.2, 0.25) is 0 Å². The van der Waals surface area contributed by atoms with Crippen LogP contribution in [0.5, 0.6) is 0 Å². The van der Waals surface area contributed by atoms with E-state index in [1.165, 1.54) is 0 Å². The molecule has 4 heterocycles. The quantitative estimate of drug-likeness (QED) is 0.543. The van der Waals surface area contributed by atoms with Gasteiger partial charge in [-0.15, -0.1) is 0 Å². The molecule has 2 N–H and O–H groups in total. The lowest BCUT2D eigenvalue weighted by molar-refractivity contribution is 1.11. The first-order valence-electron chi connectivity index (χ1n) is 5.95. The molecule has 0 aliphatic heterocycles. The van der Waals surface area contributed by atoms with Crippen LogP contribution in [0.25, 0.3) is 27.8 Å². The lowest BCUT2D eigenvalue weighted by atomic mass is 10.2. The summed E-state index contributed by atoms with van der Waals surface area (Å²) in [6, 6.07) is 7.78. The minimum atomic E-state index is -0.0931. The van der Waals surface area contributed by atoms with Crippen molar-refractivity contribution < 1.29 is 0 Å². The van der Waals surface area contributed by atoms with Crippen LogP contribution in [0.4, 0.5) is 0 Å². The monoisotopic (exact) mass is 250 g/mol. The lowest BCUT2D eigenvalue weighted by Gasteiger charge is -2.02. The van der Waals surface area contributed by atoms with Gasteiger partial charge in [0.15, 0.2) is 0 Å². The second-order valence-electron chi connectivity index (χ2n) is 4.40. The summed E-state index contributed by atoms with van der Waals surface area (Å²) in [7, 11) is 0. The average molecular weight is 250 g/mol. The number of H-pyrrole nitrogens is 2. The zero-order valence-electron chi connectivity index (χ0n) is 9.92. The van der Waals surface area contributed by atoms with E-state index in [9.17, 15) is 4.79 Å². The van der Waals surface area contributed by atoms with Crippen molar-refractivity contribution >= 4 is 16.6 Å². The molecule has 0 saturated heterocycles. The van der Waals surface area contributed by atoms with Crippen molar-refractivity contribution in [3.63, 3.8) is 0 Å². The second kappa shape index (κ2) is 3.58. The molecule has 0 bridgehead atoms. The average Bonchev–Trinajstić information content (AvgIpc) is 3.04. The molecule has 0 amide bonds. The molecule has 4 aromatic rings. The Kier molecular flexibility index (Phi) is 1.91. The SMILES string of the molecule is O=c1[nH]ccn2c(-c3cnc4[nH]ccc4c3)ccc12. The minimum Gasteiger partial charge on any atom is -0.346 e. The van der Waals surface area contributed by atoms with E-state index in [1.807, 2.05) is 41.2 Å². The normalized spacial score (nSPS) is 11.4. The van der Waals surface area contributed by atoms with Crippen LogP contribution in [0.1, 0.15) is 0 Å². The molecule has 0 atom stereocenters. The summed E-state index contributed by atoms with van der Waals surface area (Å²) in [5.41, 5.74) is 3.34. The van der Waals surface area contributed by atoms with Gasteiger partial charge in [0.05, 0.1) is 5.69 Å². The predicted molar refractivity (Wildman–Crippen MR) is 73.1 cm³/mol. The molecule has 4 aromatic heterocycles. The van der Waals surface area contributed by atoms with E-state index in [0.717, 1.165) is 22.3 Å². The van der Waals surface area contributed by atoms with Crippen molar-refractivity contribution in [3.8, 4) is 11.3 Å². The third kappa shape index (κ3) is 1.41. The molecule has 0 aliphatic carbocycles. The molecule has 0 unspecified atom stereocenters. The number of fused-ring (bicyclic) bond motifs is 2. The Morgan fingerprint density at radius 2 is 2.05 bits per heavy atom. The number of nitrogens with zero attached hydrogens (tertiary/aromatic N) is 2. The van der Waals surface area contributed by atoms with Crippen LogP contribution in [0.3, 0.4) is 0 Å². The summed E-state index contributed by atoms with van der Waals surface area (Å²) in [6.45, 7) is 0. The fourth-order valence-electron chi connectivity index (χ4n) is 2.37. The number of pyridine rings is 1. The maximum Gasteiger partial charge on any atom is 0.272 e. The first kappa shape index (κ1) is 10.1. The highest BCUT2D eigenvalue weighted by atomic mass is 16.1. The zero-order chi connectivity index (χ0) is 12.8. The van der Waals surface area contributed by atoms with Gasteiger partial charge in [-0.3, -0.25) is 4.79 Å². The molecule has 19 heavy (non-hydrogen) atoms. The van der Waals surface area contributed by atoms with Crippen molar-refractivity contribution in [1.82, 2.24) is 19.4 Å². The topological polar surface area (TPSA) is 65.9 Å². The molecule has 92 valence electrons. The van der Waals surface area contributed by atoms with E-state index in [-0.39, 0.29) is 5.56 Å². The molecular formula is C14H10N4O. The number of aromatic nitrogens is 4. The van der Waals surface area contributed by atoms with E-state index in [2.05, 4.69) is 21.0 Å². The first-order chi connectivity index (χ1) is 9.33. The number of hydrogen-bond donors (Lipinski definition) is 2. The Balaban J connectivity index is 2.03. The fraction of sp³-hybridized carbons (Fsp3) is 0. The third-order valence-electron chi connectivity index (χ3n) is 3.28. The van der Waals surface area contributed by atoms with Crippen LogP contribution in [0.15, 0.2) is 53.8 Å². The van der Waals surface area contributed by atoms with Gasteiger partial charge >= 0.3 is 0 Å². The number of hydrogen-bond acceptors (Lipinski definition) is 2. The Morgan fingerprint density at radius 1 is 1.11 bits per heavy atom. The summed E-state index contributed by atoms with van der Waals surface area (Å²) < 4.78 is 1.87. The highest BCUT2D eigenvalue weighted by Gasteiger charge is 2.07. The van der Waals surface area contributed by atoms with Crippen molar-refractivity contribution in [2.45, 2.75) is 0 Å². The van der Waals surface area contributed by atoms with Gasteiger partial charge in [0.1, 0.15) is 11.2 Å². The molecule has 5 nitrogen and oxygen atoms in total. The smallest absolute Gasteiger partial charge is 0.272 e. The zero-order valence-corrected chi connectivity index (χ0v) is 9.92. The van der Waals surface area contributed by atoms with Crippen molar-refractivity contribution in [2.24, 2.45) is 0 Å². The molecular weight excluding hydrogens is 240 g/mol. The van der Waals surface area contributed by atoms with Gasteiger partial charge < -0.3 is 14.4 Å². The molecule has 4 rings (SSSR count). The van der Waals surface area contributed by atoms with Gasteiger partial charge in [-0.05, 0) is 24.3 Å². The summed E-state index contributed by atoms with van der Waals surface area (Å²) in [6.07, 6.45) is 7.15. The lowest BCUT2D eigenvalue weighted by Crippen LogP contribution is -2.07. The Morgan fingerprint density at radius 3 is 3.00 bits per heavy atom. The number of aromatic amines is 2. The maximum absolute atomic E-state index is 11.7. The van der Waals surface area contributed by atoms with E-state index >= 15 is 0 Å². The molecule has 0 fully saturated rings. The van der Waals surface area contributed by atoms with Crippen LogP contribution in [-0.4, -0.2) is 19.4 Å². The van der Waals surface area contributed by atoms with E-state index in [0.29, 0.717) is 5.52 Å². The van der Waals surface area contributed by atoms with Crippen LogP contribution >= 0.6 is 0 Å². The van der Waals surface area contributed by atoms with E-state index in [1.54, 1.807) is 6.20 Å². The summed E-state index contributed by atoms with van der Waals surface area (Å²) >= 11 is 0. The predicted octanol–water partition coefficient (Wildman–Crippen LogP) is 2.17. The summed E-state index contributed by atoms with van der Waals surface area (Å²) in [5.74, 6) is 0.